The van der Waals surface area contributed by atoms with Gasteiger partial charge in [-0.2, -0.15) is 0 Å². The molecule has 2 N–H and O–H groups in total. The Morgan fingerprint density at radius 3 is 2.94 bits per heavy atom. The van der Waals surface area contributed by atoms with Gasteiger partial charge in [0.1, 0.15) is 0 Å². The average Bonchev–Trinajstić information content (AvgIpc) is 2.92. The molecule has 0 aromatic carbocycles. The molecular weight excluding hydrogens is 274 g/mol. The van der Waals surface area contributed by atoms with Gasteiger partial charge in [0.15, 0.2) is 0 Å². The Kier molecular flexibility index (Phi) is 2.97. The number of fused-ring (bicyclic) bond motifs is 1. The first-order valence-electron chi connectivity index (χ1n) is 5.63. The molecule has 1 aliphatic carbocycles. The van der Waals surface area contributed by atoms with E-state index in [0.29, 0.717) is 20.4 Å². The minimum Gasteiger partial charge on any atom is -0.393 e. The number of allylic oxidation sites excluding steroid dienone is 1. The van der Waals surface area contributed by atoms with Crippen molar-refractivity contribution in [3.63, 3.8) is 0 Å². The van der Waals surface area contributed by atoms with Crippen LogP contribution in [0.15, 0.2) is 22.7 Å². The predicted octanol–water partition coefficient (Wildman–Crippen LogP) is 3.67. The molecule has 2 unspecified atom stereocenters. The molecule has 0 radical (unpaired) electrons. The molecule has 1 aromatic rings. The lowest BCUT2D eigenvalue weighted by Crippen LogP contribution is -2.14. The second-order valence-electron chi connectivity index (χ2n) is 4.40. The first kappa shape index (κ1) is 11.6. The van der Waals surface area contributed by atoms with Gasteiger partial charge in [0.25, 0.3) is 0 Å². The summed E-state index contributed by atoms with van der Waals surface area (Å²) in [6, 6.07) is 3.56. The molecule has 0 spiro atoms. The molecule has 2 aliphatic rings. The third kappa shape index (κ3) is 1.92. The zero-order valence-corrected chi connectivity index (χ0v) is 11.5. The summed E-state index contributed by atoms with van der Waals surface area (Å²) in [4.78, 5) is 13.1. The van der Waals surface area contributed by atoms with Gasteiger partial charge in [-0.1, -0.05) is 18.0 Å². The molecule has 3 rings (SSSR count). The Labute approximate surface area is 113 Å². The summed E-state index contributed by atoms with van der Waals surface area (Å²) in [5.74, 6) is 0.453. The normalized spacial score (nSPS) is 27.6. The maximum Gasteiger partial charge on any atom is 0.201 e. The number of thioether (sulfide) groups is 1. The second kappa shape index (κ2) is 4.34. The van der Waals surface area contributed by atoms with Crippen LogP contribution in [0.5, 0.6) is 0 Å². The standard InChI is InChI=1S/C12H12ClNOS2/c13-9-5-4-8(16-9)11(15)10-6-2-1-3-7(6)17-12(10)14/h4-7H,1-3,14H2. The number of halogens is 1. The Hall–Kier alpha value is -0.450. The highest BCUT2D eigenvalue weighted by Crippen LogP contribution is 2.49. The molecule has 5 heteroatoms. The van der Waals surface area contributed by atoms with Gasteiger partial charge in [-0.3, -0.25) is 4.79 Å². The monoisotopic (exact) mass is 285 g/mol. The van der Waals surface area contributed by atoms with Gasteiger partial charge in [0.2, 0.25) is 5.78 Å². The maximum absolute atomic E-state index is 12.4. The minimum absolute atomic E-state index is 0.0845. The molecule has 1 saturated carbocycles. The molecule has 1 aromatic heterocycles. The number of hydrogen-bond donors (Lipinski definition) is 1. The summed E-state index contributed by atoms with van der Waals surface area (Å²) < 4.78 is 0.654. The van der Waals surface area contributed by atoms with Crippen LogP contribution in [0.3, 0.4) is 0 Å². The highest BCUT2D eigenvalue weighted by Gasteiger charge is 2.41. The van der Waals surface area contributed by atoms with E-state index in [4.69, 9.17) is 17.3 Å². The van der Waals surface area contributed by atoms with Crippen molar-refractivity contribution < 1.29 is 4.79 Å². The Bertz CT molecular complexity index is 508. The van der Waals surface area contributed by atoms with Crippen molar-refractivity contribution in [3.8, 4) is 0 Å². The SMILES string of the molecule is NC1=C(C(=O)c2ccc(Cl)s2)C2CCCC2S1. The van der Waals surface area contributed by atoms with Gasteiger partial charge >= 0.3 is 0 Å². The quantitative estimate of drug-likeness (QED) is 0.843. The summed E-state index contributed by atoms with van der Waals surface area (Å²) in [6.07, 6.45) is 3.48. The van der Waals surface area contributed by atoms with Crippen molar-refractivity contribution >= 4 is 40.5 Å². The number of ketones is 1. The van der Waals surface area contributed by atoms with E-state index >= 15 is 0 Å². The molecule has 0 saturated heterocycles. The fourth-order valence-electron chi connectivity index (χ4n) is 2.66. The van der Waals surface area contributed by atoms with Crippen molar-refractivity contribution in [2.75, 3.05) is 0 Å². The van der Waals surface area contributed by atoms with E-state index in [2.05, 4.69) is 0 Å². The Morgan fingerprint density at radius 1 is 1.41 bits per heavy atom. The van der Waals surface area contributed by atoms with Crippen LogP contribution < -0.4 is 5.73 Å². The second-order valence-corrected chi connectivity index (χ2v) is 7.40. The first-order valence-corrected chi connectivity index (χ1v) is 7.70. The van der Waals surface area contributed by atoms with Crippen LogP contribution in [0.4, 0.5) is 0 Å². The van der Waals surface area contributed by atoms with Crippen LogP contribution in [-0.4, -0.2) is 11.0 Å². The molecular formula is C12H12ClNOS2. The molecule has 0 bridgehead atoms. The fraction of sp³-hybridized carbons (Fsp3) is 0.417. The summed E-state index contributed by atoms with van der Waals surface area (Å²) in [5, 5.41) is 1.26. The van der Waals surface area contributed by atoms with Crippen molar-refractivity contribution in [2.24, 2.45) is 11.7 Å². The van der Waals surface area contributed by atoms with E-state index in [0.717, 1.165) is 17.0 Å². The van der Waals surface area contributed by atoms with Gasteiger partial charge in [0.05, 0.1) is 14.2 Å². The van der Waals surface area contributed by atoms with Crippen molar-refractivity contribution in [1.82, 2.24) is 0 Å². The number of carbonyl (C=O) groups excluding carboxylic acids is 1. The third-order valence-electron chi connectivity index (χ3n) is 3.41. The topological polar surface area (TPSA) is 43.1 Å². The zero-order chi connectivity index (χ0) is 12.0. The maximum atomic E-state index is 12.4. The van der Waals surface area contributed by atoms with Gasteiger partial charge in [-0.15, -0.1) is 23.1 Å². The number of rotatable bonds is 2. The van der Waals surface area contributed by atoms with E-state index in [1.165, 1.54) is 24.2 Å². The smallest absolute Gasteiger partial charge is 0.201 e. The first-order chi connectivity index (χ1) is 8.16. The molecule has 0 amide bonds. The van der Waals surface area contributed by atoms with E-state index in [1.54, 1.807) is 23.9 Å². The van der Waals surface area contributed by atoms with Crippen molar-refractivity contribution in [1.29, 1.82) is 0 Å². The van der Waals surface area contributed by atoms with Gasteiger partial charge in [-0.25, -0.2) is 0 Å². The summed E-state index contributed by atoms with van der Waals surface area (Å²) in [7, 11) is 0. The minimum atomic E-state index is 0.0845. The van der Waals surface area contributed by atoms with Crippen LogP contribution in [-0.2, 0) is 0 Å². The van der Waals surface area contributed by atoms with E-state index < -0.39 is 0 Å². The molecule has 1 aliphatic heterocycles. The molecule has 90 valence electrons. The summed E-state index contributed by atoms with van der Waals surface area (Å²) in [5.41, 5.74) is 6.85. The van der Waals surface area contributed by atoms with Crippen molar-refractivity contribution in [3.05, 3.63) is 31.9 Å². The average molecular weight is 286 g/mol. The predicted molar refractivity (Wildman–Crippen MR) is 73.6 cm³/mol. The van der Waals surface area contributed by atoms with Crippen molar-refractivity contribution in [2.45, 2.75) is 24.5 Å². The number of thiophene rings is 1. The van der Waals surface area contributed by atoms with Crippen LogP contribution in [0.1, 0.15) is 28.9 Å². The number of carbonyl (C=O) groups is 1. The molecule has 17 heavy (non-hydrogen) atoms. The Morgan fingerprint density at radius 2 is 2.24 bits per heavy atom. The zero-order valence-electron chi connectivity index (χ0n) is 9.11. The summed E-state index contributed by atoms with van der Waals surface area (Å²) >= 11 is 8.89. The van der Waals surface area contributed by atoms with Crippen LogP contribution in [0.2, 0.25) is 4.34 Å². The van der Waals surface area contributed by atoms with E-state index in [9.17, 15) is 4.79 Å². The van der Waals surface area contributed by atoms with Crippen LogP contribution >= 0.6 is 34.7 Å². The Balaban J connectivity index is 1.93. The van der Waals surface area contributed by atoms with Crippen LogP contribution in [0.25, 0.3) is 0 Å². The molecule has 2 nitrogen and oxygen atoms in total. The fourth-order valence-corrected chi connectivity index (χ4v) is 5.07. The number of nitrogens with two attached hydrogens (primary N) is 1. The van der Waals surface area contributed by atoms with E-state index in [1.807, 2.05) is 0 Å². The van der Waals surface area contributed by atoms with Gasteiger partial charge < -0.3 is 5.73 Å². The molecule has 1 fully saturated rings. The number of Topliss-reactive ketones (excluding diaryl/α,β-unsaturated/α-hetero) is 1. The number of hydrogen-bond acceptors (Lipinski definition) is 4. The highest BCUT2D eigenvalue weighted by molar-refractivity contribution is 8.03. The van der Waals surface area contributed by atoms with Gasteiger partial charge in [-0.05, 0) is 25.0 Å². The lowest BCUT2D eigenvalue weighted by Gasteiger charge is -2.10. The lowest BCUT2D eigenvalue weighted by molar-refractivity contribution is 0.102. The van der Waals surface area contributed by atoms with Gasteiger partial charge in [0, 0.05) is 16.7 Å². The van der Waals surface area contributed by atoms with Crippen LogP contribution in [0, 0.1) is 5.92 Å². The third-order valence-corrected chi connectivity index (χ3v) is 5.98. The lowest BCUT2D eigenvalue weighted by atomic mass is 9.94. The molecule has 2 atom stereocenters. The van der Waals surface area contributed by atoms with E-state index in [-0.39, 0.29) is 5.78 Å². The summed E-state index contributed by atoms with van der Waals surface area (Å²) in [6.45, 7) is 0. The highest BCUT2D eigenvalue weighted by atomic mass is 35.5. The molecule has 2 heterocycles. The largest absolute Gasteiger partial charge is 0.393 e.